The van der Waals surface area contributed by atoms with E-state index in [0.717, 1.165) is 38.0 Å². The molecule has 0 bridgehead atoms. The van der Waals surface area contributed by atoms with Gasteiger partial charge >= 0.3 is 0 Å². The monoisotopic (exact) mass is 266 g/mol. The van der Waals surface area contributed by atoms with E-state index in [1.165, 1.54) is 0 Å². The first-order chi connectivity index (χ1) is 8.67. The molecule has 1 fully saturated rings. The molecule has 4 heteroatoms. The smallest absolute Gasteiger partial charge is 0.153 e. The van der Waals surface area contributed by atoms with Crippen LogP contribution in [0.5, 0.6) is 0 Å². The maximum absolute atomic E-state index is 11.2. The molecule has 0 aromatic heterocycles. The Morgan fingerprint density at radius 1 is 1.44 bits per heavy atom. The van der Waals surface area contributed by atoms with Crippen LogP contribution < -0.4 is 4.90 Å². The molecule has 0 N–H and O–H groups in total. The molecule has 0 spiro atoms. The Balaban J connectivity index is 2.27. The second-order valence-electron chi connectivity index (χ2n) is 4.78. The Morgan fingerprint density at radius 3 is 2.89 bits per heavy atom. The second-order valence-corrected chi connectivity index (χ2v) is 5.19. The zero-order valence-electron chi connectivity index (χ0n) is 10.9. The summed E-state index contributed by atoms with van der Waals surface area (Å²) in [4.78, 5) is 15.8. The fourth-order valence-electron chi connectivity index (χ4n) is 2.52. The molecule has 1 atom stereocenters. The molecule has 1 saturated heterocycles. The van der Waals surface area contributed by atoms with Gasteiger partial charge in [-0.3, -0.25) is 9.69 Å². The van der Waals surface area contributed by atoms with Crippen LogP contribution in [0.4, 0.5) is 5.69 Å². The number of anilines is 1. The summed E-state index contributed by atoms with van der Waals surface area (Å²) in [6.07, 6.45) is 1.97. The molecular formula is C14H19ClN2O. The van der Waals surface area contributed by atoms with Crippen LogP contribution in [0.3, 0.4) is 0 Å². The zero-order chi connectivity index (χ0) is 13.1. The number of nitrogens with zero attached hydrogens (tertiary/aromatic N) is 2. The van der Waals surface area contributed by atoms with Gasteiger partial charge in [-0.2, -0.15) is 0 Å². The number of halogens is 1. The molecule has 0 radical (unpaired) electrons. The van der Waals surface area contributed by atoms with E-state index in [4.69, 9.17) is 11.6 Å². The van der Waals surface area contributed by atoms with Gasteiger partial charge in [-0.15, -0.1) is 0 Å². The first-order valence-electron chi connectivity index (χ1n) is 6.36. The molecule has 3 nitrogen and oxygen atoms in total. The SMILES string of the molecule is CCC1CN(c2cccc(Cl)c2C=O)CCN1C. The van der Waals surface area contributed by atoms with E-state index in [1.807, 2.05) is 12.1 Å². The third-order valence-corrected chi connectivity index (χ3v) is 4.07. The normalized spacial score (nSPS) is 21.1. The molecule has 1 aromatic carbocycles. The number of likely N-dealkylation sites (N-methyl/N-ethyl adjacent to an activating group) is 1. The van der Waals surface area contributed by atoms with Crippen molar-refractivity contribution in [2.75, 3.05) is 31.6 Å². The summed E-state index contributed by atoms with van der Waals surface area (Å²) < 4.78 is 0. The molecule has 1 aliphatic rings. The lowest BCUT2D eigenvalue weighted by Crippen LogP contribution is -2.51. The molecule has 0 amide bonds. The highest BCUT2D eigenvalue weighted by atomic mass is 35.5. The number of carbonyl (C=O) groups excluding carboxylic acids is 1. The van der Waals surface area contributed by atoms with E-state index in [0.29, 0.717) is 16.6 Å². The molecule has 1 unspecified atom stereocenters. The molecule has 98 valence electrons. The van der Waals surface area contributed by atoms with Crippen molar-refractivity contribution in [1.29, 1.82) is 0 Å². The average molecular weight is 267 g/mol. The predicted molar refractivity (Wildman–Crippen MR) is 75.8 cm³/mol. The molecule has 18 heavy (non-hydrogen) atoms. The van der Waals surface area contributed by atoms with Gasteiger partial charge in [-0.1, -0.05) is 24.6 Å². The lowest BCUT2D eigenvalue weighted by molar-refractivity contribution is 0.112. The van der Waals surface area contributed by atoms with Crippen LogP contribution in [-0.2, 0) is 0 Å². The van der Waals surface area contributed by atoms with Crippen LogP contribution in [-0.4, -0.2) is 43.9 Å². The maximum atomic E-state index is 11.2. The van der Waals surface area contributed by atoms with Gasteiger partial charge in [-0.05, 0) is 25.6 Å². The molecule has 1 heterocycles. The van der Waals surface area contributed by atoms with E-state index in [-0.39, 0.29) is 0 Å². The predicted octanol–water partition coefficient (Wildman–Crippen LogP) is 2.68. The first kappa shape index (κ1) is 13.4. The Bertz CT molecular complexity index is 436. The Labute approximate surface area is 113 Å². The topological polar surface area (TPSA) is 23.6 Å². The average Bonchev–Trinajstić information content (AvgIpc) is 2.39. The summed E-state index contributed by atoms with van der Waals surface area (Å²) in [5, 5.41) is 0.537. The summed E-state index contributed by atoms with van der Waals surface area (Å²) in [5.41, 5.74) is 1.57. The van der Waals surface area contributed by atoms with Crippen molar-refractivity contribution < 1.29 is 4.79 Å². The zero-order valence-corrected chi connectivity index (χ0v) is 11.7. The molecular weight excluding hydrogens is 248 g/mol. The minimum Gasteiger partial charge on any atom is -0.368 e. The van der Waals surface area contributed by atoms with E-state index in [2.05, 4.69) is 23.8 Å². The number of hydrogen-bond donors (Lipinski definition) is 0. The van der Waals surface area contributed by atoms with Gasteiger partial charge in [0, 0.05) is 31.4 Å². The van der Waals surface area contributed by atoms with Crippen LogP contribution >= 0.6 is 11.6 Å². The molecule has 1 aliphatic heterocycles. The summed E-state index contributed by atoms with van der Waals surface area (Å²) in [5.74, 6) is 0. The van der Waals surface area contributed by atoms with Crippen molar-refractivity contribution >= 4 is 23.6 Å². The minimum atomic E-state index is 0.537. The fourth-order valence-corrected chi connectivity index (χ4v) is 2.74. The summed E-state index contributed by atoms with van der Waals surface area (Å²) in [6, 6.07) is 6.19. The number of hydrogen-bond acceptors (Lipinski definition) is 3. The van der Waals surface area contributed by atoms with E-state index in [9.17, 15) is 4.79 Å². The fraction of sp³-hybridized carbons (Fsp3) is 0.500. The molecule has 2 rings (SSSR count). The summed E-state index contributed by atoms with van der Waals surface area (Å²) >= 11 is 6.08. The summed E-state index contributed by atoms with van der Waals surface area (Å²) in [7, 11) is 2.16. The van der Waals surface area contributed by atoms with Crippen molar-refractivity contribution in [1.82, 2.24) is 4.90 Å². The summed E-state index contributed by atoms with van der Waals surface area (Å²) in [6.45, 7) is 5.11. The highest BCUT2D eigenvalue weighted by molar-refractivity contribution is 6.33. The van der Waals surface area contributed by atoms with E-state index < -0.39 is 0 Å². The van der Waals surface area contributed by atoms with Crippen LogP contribution in [0.25, 0.3) is 0 Å². The Morgan fingerprint density at radius 2 is 2.22 bits per heavy atom. The van der Waals surface area contributed by atoms with Gasteiger partial charge in [0.25, 0.3) is 0 Å². The highest BCUT2D eigenvalue weighted by Gasteiger charge is 2.24. The van der Waals surface area contributed by atoms with Crippen LogP contribution in [0.15, 0.2) is 18.2 Å². The lowest BCUT2D eigenvalue weighted by atomic mass is 10.1. The van der Waals surface area contributed by atoms with Crippen molar-refractivity contribution in [2.45, 2.75) is 19.4 Å². The number of aldehydes is 1. The molecule has 0 aliphatic carbocycles. The third kappa shape index (κ3) is 2.52. The van der Waals surface area contributed by atoms with Gasteiger partial charge < -0.3 is 4.90 Å². The van der Waals surface area contributed by atoms with Crippen LogP contribution in [0.2, 0.25) is 5.02 Å². The minimum absolute atomic E-state index is 0.537. The largest absolute Gasteiger partial charge is 0.368 e. The third-order valence-electron chi connectivity index (χ3n) is 3.74. The van der Waals surface area contributed by atoms with Gasteiger partial charge in [0.15, 0.2) is 6.29 Å². The van der Waals surface area contributed by atoms with Gasteiger partial charge in [0.2, 0.25) is 0 Å². The number of benzene rings is 1. The Kier molecular flexibility index (Phi) is 4.25. The van der Waals surface area contributed by atoms with Crippen molar-refractivity contribution in [3.8, 4) is 0 Å². The standard InChI is InChI=1S/C14H19ClN2O/c1-3-11-9-17(8-7-16(11)2)14-6-4-5-13(15)12(14)10-18/h4-6,10-11H,3,7-9H2,1-2H3. The van der Waals surface area contributed by atoms with Gasteiger partial charge in [0.05, 0.1) is 10.6 Å². The maximum Gasteiger partial charge on any atom is 0.153 e. The molecule has 0 saturated carbocycles. The van der Waals surface area contributed by atoms with Gasteiger partial charge in [0.1, 0.15) is 0 Å². The van der Waals surface area contributed by atoms with E-state index in [1.54, 1.807) is 6.07 Å². The van der Waals surface area contributed by atoms with Gasteiger partial charge in [-0.25, -0.2) is 0 Å². The lowest BCUT2D eigenvalue weighted by Gasteiger charge is -2.40. The van der Waals surface area contributed by atoms with Crippen molar-refractivity contribution in [3.05, 3.63) is 28.8 Å². The van der Waals surface area contributed by atoms with Crippen molar-refractivity contribution in [3.63, 3.8) is 0 Å². The number of piperazine rings is 1. The van der Waals surface area contributed by atoms with Crippen molar-refractivity contribution in [2.24, 2.45) is 0 Å². The number of carbonyl (C=O) groups is 1. The Hall–Kier alpha value is -1.06. The van der Waals surface area contributed by atoms with Crippen LogP contribution in [0, 0.1) is 0 Å². The molecule has 1 aromatic rings. The number of rotatable bonds is 3. The van der Waals surface area contributed by atoms with Crippen LogP contribution in [0.1, 0.15) is 23.7 Å². The quantitative estimate of drug-likeness (QED) is 0.786. The van der Waals surface area contributed by atoms with E-state index >= 15 is 0 Å². The highest BCUT2D eigenvalue weighted by Crippen LogP contribution is 2.27. The second kappa shape index (κ2) is 5.72. The first-order valence-corrected chi connectivity index (χ1v) is 6.74.